The van der Waals surface area contributed by atoms with E-state index in [-0.39, 0.29) is 12.4 Å². The number of halogens is 1. The van der Waals surface area contributed by atoms with Crippen molar-refractivity contribution in [3.05, 3.63) is 84.3 Å². The van der Waals surface area contributed by atoms with Crippen LogP contribution in [0.1, 0.15) is 31.0 Å². The molecule has 1 aliphatic carbocycles. The van der Waals surface area contributed by atoms with Crippen LogP contribution in [0.15, 0.2) is 67.3 Å². The van der Waals surface area contributed by atoms with Crippen LogP contribution in [0.3, 0.4) is 0 Å². The molecule has 1 aromatic heterocycles. The molecule has 4 rings (SSSR count). The largest absolute Gasteiger partial charge is 0.439 e. The first kappa shape index (κ1) is 25.1. The maximum atomic E-state index is 13.5. The van der Waals surface area contributed by atoms with E-state index in [4.69, 9.17) is 14.6 Å². The van der Waals surface area contributed by atoms with Crippen LogP contribution in [0.4, 0.5) is 4.39 Å². The molecule has 0 radical (unpaired) electrons. The molecule has 7 heteroatoms. The summed E-state index contributed by atoms with van der Waals surface area (Å²) in [6, 6.07) is 15.9. The molecule has 1 N–H and O–H groups in total. The molecular weight excluding hydrogens is 445 g/mol. The molecule has 186 valence electrons. The lowest BCUT2D eigenvalue weighted by Gasteiger charge is -2.25. The summed E-state index contributed by atoms with van der Waals surface area (Å²) < 4.78 is 27.2. The SMILES string of the molecule is C=CCOC[C@H](O)CN(Cc1c(CC)nn(-c2ccccc2)c1Oc1ccc(F)cc1)CC1CC1. The molecule has 35 heavy (non-hydrogen) atoms. The maximum Gasteiger partial charge on any atom is 0.227 e. The molecule has 1 saturated carbocycles. The smallest absolute Gasteiger partial charge is 0.227 e. The summed E-state index contributed by atoms with van der Waals surface area (Å²) in [5, 5.41) is 15.5. The summed E-state index contributed by atoms with van der Waals surface area (Å²) in [5.41, 5.74) is 2.79. The molecule has 0 saturated heterocycles. The minimum atomic E-state index is -0.607. The quantitative estimate of drug-likeness (QED) is 0.256. The highest BCUT2D eigenvalue weighted by Gasteiger charge is 2.28. The van der Waals surface area contributed by atoms with Crippen LogP contribution < -0.4 is 4.74 Å². The van der Waals surface area contributed by atoms with Crippen molar-refractivity contribution in [2.75, 3.05) is 26.3 Å². The molecule has 1 aliphatic rings. The summed E-state index contributed by atoms with van der Waals surface area (Å²) in [7, 11) is 0. The first-order chi connectivity index (χ1) is 17.1. The predicted molar refractivity (Wildman–Crippen MR) is 134 cm³/mol. The van der Waals surface area contributed by atoms with Crippen LogP contribution in [0, 0.1) is 11.7 Å². The van der Waals surface area contributed by atoms with Crippen LogP contribution in [-0.2, 0) is 17.7 Å². The number of aliphatic hydroxyl groups excluding tert-OH is 1. The molecule has 3 aromatic rings. The minimum Gasteiger partial charge on any atom is -0.439 e. The Balaban J connectivity index is 1.65. The van der Waals surface area contributed by atoms with Crippen molar-refractivity contribution >= 4 is 0 Å². The Morgan fingerprint density at radius 2 is 1.94 bits per heavy atom. The highest BCUT2D eigenvalue weighted by atomic mass is 19.1. The Morgan fingerprint density at radius 3 is 2.60 bits per heavy atom. The zero-order valence-corrected chi connectivity index (χ0v) is 20.3. The number of aliphatic hydroxyl groups is 1. The van der Waals surface area contributed by atoms with Crippen LogP contribution in [0.5, 0.6) is 11.6 Å². The number of benzene rings is 2. The van der Waals surface area contributed by atoms with Crippen LogP contribution in [-0.4, -0.2) is 52.2 Å². The number of aromatic nitrogens is 2. The molecule has 0 unspecified atom stereocenters. The van der Waals surface area contributed by atoms with E-state index in [0.29, 0.717) is 37.2 Å². The van der Waals surface area contributed by atoms with E-state index in [0.717, 1.165) is 29.9 Å². The van der Waals surface area contributed by atoms with E-state index in [1.165, 1.54) is 25.0 Å². The standard InChI is InChI=1S/C28H34FN3O3/c1-3-16-34-20-24(33)18-31(17-21-10-11-21)19-26-27(4-2)30-32(23-8-6-5-7-9-23)28(26)35-25-14-12-22(29)13-15-25/h3,5-9,12-15,21,24,33H,1,4,10-11,16-20H2,2H3/t24-/m1/s1. The van der Waals surface area contributed by atoms with Gasteiger partial charge in [-0.2, -0.15) is 5.10 Å². The number of para-hydroxylation sites is 1. The molecule has 0 amide bonds. The van der Waals surface area contributed by atoms with Crippen LogP contribution >= 0.6 is 0 Å². The average molecular weight is 480 g/mol. The number of rotatable bonds is 14. The molecular formula is C28H34FN3O3. The van der Waals surface area contributed by atoms with E-state index in [1.807, 2.05) is 35.0 Å². The topological polar surface area (TPSA) is 59.8 Å². The van der Waals surface area contributed by atoms with Crippen molar-refractivity contribution in [2.24, 2.45) is 5.92 Å². The van der Waals surface area contributed by atoms with Gasteiger partial charge in [0.2, 0.25) is 5.88 Å². The lowest BCUT2D eigenvalue weighted by molar-refractivity contribution is 0.0235. The van der Waals surface area contributed by atoms with E-state index >= 15 is 0 Å². The number of nitrogens with zero attached hydrogens (tertiary/aromatic N) is 3. The molecule has 0 spiro atoms. The lowest BCUT2D eigenvalue weighted by Crippen LogP contribution is -2.36. The van der Waals surface area contributed by atoms with Crippen molar-refractivity contribution in [1.29, 1.82) is 0 Å². The minimum absolute atomic E-state index is 0.260. The molecule has 2 aromatic carbocycles. The zero-order valence-electron chi connectivity index (χ0n) is 20.3. The van der Waals surface area contributed by atoms with Crippen molar-refractivity contribution in [1.82, 2.24) is 14.7 Å². The fraction of sp³-hybridized carbons (Fsp3) is 0.393. The van der Waals surface area contributed by atoms with Gasteiger partial charge in [0.25, 0.3) is 0 Å². The van der Waals surface area contributed by atoms with Gasteiger partial charge >= 0.3 is 0 Å². The second-order valence-electron chi connectivity index (χ2n) is 9.00. The van der Waals surface area contributed by atoms with Gasteiger partial charge in [0.15, 0.2) is 0 Å². The van der Waals surface area contributed by atoms with Gasteiger partial charge in [-0.15, -0.1) is 6.58 Å². The Morgan fingerprint density at radius 1 is 1.20 bits per heavy atom. The van der Waals surface area contributed by atoms with Crippen LogP contribution in [0.25, 0.3) is 5.69 Å². The van der Waals surface area contributed by atoms with E-state index in [1.54, 1.807) is 18.2 Å². The molecule has 6 nitrogen and oxygen atoms in total. The summed E-state index contributed by atoms with van der Waals surface area (Å²) in [6.07, 6.45) is 4.23. The van der Waals surface area contributed by atoms with Gasteiger partial charge in [-0.05, 0) is 61.6 Å². The zero-order chi connectivity index (χ0) is 24.6. The first-order valence-corrected chi connectivity index (χ1v) is 12.3. The summed E-state index contributed by atoms with van der Waals surface area (Å²) >= 11 is 0. The predicted octanol–water partition coefficient (Wildman–Crippen LogP) is 5.14. The third-order valence-corrected chi connectivity index (χ3v) is 5.99. The number of hydrogen-bond donors (Lipinski definition) is 1. The van der Waals surface area contributed by atoms with Crippen molar-refractivity contribution < 1.29 is 19.0 Å². The van der Waals surface area contributed by atoms with E-state index in [2.05, 4.69) is 18.4 Å². The van der Waals surface area contributed by atoms with Crippen LogP contribution in [0.2, 0.25) is 0 Å². The van der Waals surface area contributed by atoms with Gasteiger partial charge in [-0.25, -0.2) is 9.07 Å². The first-order valence-electron chi connectivity index (χ1n) is 12.3. The van der Waals surface area contributed by atoms with Gasteiger partial charge in [-0.1, -0.05) is 31.2 Å². The van der Waals surface area contributed by atoms with Gasteiger partial charge in [0.05, 0.1) is 36.3 Å². The Bertz CT molecular complexity index is 1080. The third-order valence-electron chi connectivity index (χ3n) is 5.99. The Kier molecular flexibility index (Phi) is 8.69. The maximum absolute atomic E-state index is 13.5. The molecule has 1 fully saturated rings. The molecule has 0 bridgehead atoms. The summed E-state index contributed by atoms with van der Waals surface area (Å²) in [4.78, 5) is 2.27. The number of hydrogen-bond acceptors (Lipinski definition) is 5. The molecule has 0 aliphatic heterocycles. The van der Waals surface area contributed by atoms with Gasteiger partial charge in [0, 0.05) is 19.6 Å². The van der Waals surface area contributed by atoms with Gasteiger partial charge in [0.1, 0.15) is 11.6 Å². The van der Waals surface area contributed by atoms with E-state index < -0.39 is 6.10 Å². The fourth-order valence-corrected chi connectivity index (χ4v) is 4.11. The average Bonchev–Trinajstić information content (AvgIpc) is 3.62. The summed E-state index contributed by atoms with van der Waals surface area (Å²) in [6.45, 7) is 8.38. The normalized spacial score (nSPS) is 14.3. The Labute approximate surface area is 206 Å². The van der Waals surface area contributed by atoms with E-state index in [9.17, 15) is 9.50 Å². The Hall–Kier alpha value is -3.00. The fourth-order valence-electron chi connectivity index (χ4n) is 4.11. The van der Waals surface area contributed by atoms with Crippen molar-refractivity contribution in [3.63, 3.8) is 0 Å². The van der Waals surface area contributed by atoms with Crippen molar-refractivity contribution in [3.8, 4) is 17.3 Å². The second kappa shape index (κ2) is 12.1. The van der Waals surface area contributed by atoms with Crippen molar-refractivity contribution in [2.45, 2.75) is 38.8 Å². The highest BCUT2D eigenvalue weighted by molar-refractivity contribution is 5.43. The molecule has 1 atom stereocenters. The summed E-state index contributed by atoms with van der Waals surface area (Å²) in [5.74, 6) is 1.48. The second-order valence-corrected chi connectivity index (χ2v) is 9.00. The monoisotopic (exact) mass is 479 g/mol. The third kappa shape index (κ3) is 7.01. The molecule has 1 heterocycles. The number of ether oxygens (including phenoxy) is 2. The lowest BCUT2D eigenvalue weighted by atomic mass is 10.1. The number of aryl methyl sites for hydroxylation is 1. The highest BCUT2D eigenvalue weighted by Crippen LogP contribution is 2.34. The van der Waals surface area contributed by atoms with Gasteiger partial charge < -0.3 is 14.6 Å². The van der Waals surface area contributed by atoms with Gasteiger partial charge in [-0.3, -0.25) is 4.90 Å².